The van der Waals surface area contributed by atoms with Crippen molar-refractivity contribution in [2.24, 2.45) is 0 Å². The van der Waals surface area contributed by atoms with Gasteiger partial charge < -0.3 is 5.32 Å². The van der Waals surface area contributed by atoms with E-state index in [1.807, 2.05) is 0 Å². The minimum atomic E-state index is 0.269. The van der Waals surface area contributed by atoms with Crippen LogP contribution in [0, 0.1) is 0 Å². The van der Waals surface area contributed by atoms with Gasteiger partial charge >= 0.3 is 0 Å². The number of aryl methyl sites for hydroxylation is 1. The zero-order chi connectivity index (χ0) is 9.43. The second-order valence-corrected chi connectivity index (χ2v) is 4.30. The van der Waals surface area contributed by atoms with E-state index in [4.69, 9.17) is 0 Å². The minimum absolute atomic E-state index is 0.269. The summed E-state index contributed by atoms with van der Waals surface area (Å²) in [6.45, 7) is 1.02. The predicted octanol–water partition coefficient (Wildman–Crippen LogP) is 2.38. The molecule has 1 aromatic rings. The number of rotatable bonds is 0. The number of fused-ring (bicyclic) bond motifs is 2. The molecule has 0 saturated heterocycles. The molecule has 2 aliphatic rings. The molecular weight excluding hydrogens is 170 g/mol. The number of hydrogen-bond donors (Lipinski definition) is 1. The van der Waals surface area contributed by atoms with E-state index >= 15 is 0 Å². The van der Waals surface area contributed by atoms with Crippen molar-refractivity contribution < 1.29 is 0 Å². The zero-order valence-electron chi connectivity index (χ0n) is 8.29. The number of hydrogen-bond acceptors (Lipinski definition) is 1. The van der Waals surface area contributed by atoms with E-state index in [0.717, 1.165) is 13.0 Å². The van der Waals surface area contributed by atoms with Crippen LogP contribution in [0.2, 0.25) is 0 Å². The fourth-order valence-corrected chi connectivity index (χ4v) is 2.78. The average molecular weight is 185 g/mol. The van der Waals surface area contributed by atoms with E-state index in [0.29, 0.717) is 0 Å². The Kier molecular flexibility index (Phi) is 1.74. The third-order valence-corrected chi connectivity index (χ3v) is 3.55. The Labute approximate surface area is 84.8 Å². The Balaban J connectivity index is 2.08. The summed E-state index contributed by atoms with van der Waals surface area (Å²) in [6, 6.07) is 8.86. The van der Waals surface area contributed by atoms with Gasteiger partial charge in [0, 0.05) is 12.1 Å². The molecule has 0 amide bonds. The summed E-state index contributed by atoms with van der Waals surface area (Å²) in [5.74, 6) is 0. The summed E-state index contributed by atoms with van der Waals surface area (Å²) in [7, 11) is 0. The SMILES string of the molecule is C1=CCC2(CCc3ccccc32)NC1. The zero-order valence-corrected chi connectivity index (χ0v) is 8.29. The maximum atomic E-state index is 3.66. The van der Waals surface area contributed by atoms with Gasteiger partial charge in [-0.05, 0) is 30.4 Å². The number of nitrogens with one attached hydrogen (secondary N) is 1. The molecule has 0 radical (unpaired) electrons. The quantitative estimate of drug-likeness (QED) is 0.612. The van der Waals surface area contributed by atoms with Crippen LogP contribution in [0.5, 0.6) is 0 Å². The first-order valence-electron chi connectivity index (χ1n) is 5.39. The molecule has 1 aliphatic heterocycles. The van der Waals surface area contributed by atoms with Gasteiger partial charge in [0.2, 0.25) is 0 Å². The smallest absolute Gasteiger partial charge is 0.0477 e. The van der Waals surface area contributed by atoms with Crippen LogP contribution in [0.3, 0.4) is 0 Å². The van der Waals surface area contributed by atoms with Crippen LogP contribution in [-0.2, 0) is 12.0 Å². The largest absolute Gasteiger partial charge is 0.304 e. The molecular formula is C13H15N. The fraction of sp³-hybridized carbons (Fsp3) is 0.385. The van der Waals surface area contributed by atoms with Gasteiger partial charge in [0.25, 0.3) is 0 Å². The van der Waals surface area contributed by atoms with Crippen LogP contribution >= 0.6 is 0 Å². The predicted molar refractivity (Wildman–Crippen MR) is 58.2 cm³/mol. The van der Waals surface area contributed by atoms with Crippen molar-refractivity contribution >= 4 is 0 Å². The molecule has 1 aliphatic carbocycles. The van der Waals surface area contributed by atoms with Gasteiger partial charge in [-0.25, -0.2) is 0 Å². The van der Waals surface area contributed by atoms with Crippen molar-refractivity contribution in [2.45, 2.75) is 24.8 Å². The van der Waals surface area contributed by atoms with Gasteiger partial charge in [-0.3, -0.25) is 0 Å². The molecule has 1 atom stereocenters. The van der Waals surface area contributed by atoms with Gasteiger partial charge in [-0.1, -0.05) is 36.4 Å². The van der Waals surface area contributed by atoms with E-state index in [2.05, 4.69) is 41.7 Å². The highest BCUT2D eigenvalue weighted by Crippen LogP contribution is 2.40. The third-order valence-electron chi connectivity index (χ3n) is 3.55. The highest BCUT2D eigenvalue weighted by atomic mass is 15.0. The Morgan fingerprint density at radius 1 is 1.14 bits per heavy atom. The Morgan fingerprint density at radius 3 is 2.93 bits per heavy atom. The Bertz CT molecular complexity index is 381. The van der Waals surface area contributed by atoms with Crippen LogP contribution < -0.4 is 5.32 Å². The molecule has 1 unspecified atom stereocenters. The molecule has 1 heteroatoms. The molecule has 3 rings (SSSR count). The standard InChI is InChI=1S/C13H15N/c1-2-6-12-11(5-1)7-9-13(12)8-3-4-10-14-13/h1-6,14H,7-10H2. The fourth-order valence-electron chi connectivity index (χ4n) is 2.78. The summed E-state index contributed by atoms with van der Waals surface area (Å²) < 4.78 is 0. The Morgan fingerprint density at radius 2 is 2.07 bits per heavy atom. The lowest BCUT2D eigenvalue weighted by atomic mass is 9.86. The van der Waals surface area contributed by atoms with Gasteiger partial charge in [0.1, 0.15) is 0 Å². The van der Waals surface area contributed by atoms with Crippen LogP contribution in [0.1, 0.15) is 24.0 Å². The van der Waals surface area contributed by atoms with E-state index in [1.165, 1.54) is 24.0 Å². The van der Waals surface area contributed by atoms with Crippen molar-refractivity contribution in [3.8, 4) is 0 Å². The van der Waals surface area contributed by atoms with Crippen LogP contribution in [0.25, 0.3) is 0 Å². The molecule has 1 spiro atoms. The first-order chi connectivity index (χ1) is 6.91. The average Bonchev–Trinajstić information content (AvgIpc) is 2.60. The van der Waals surface area contributed by atoms with Crippen LogP contribution in [0.4, 0.5) is 0 Å². The van der Waals surface area contributed by atoms with Gasteiger partial charge in [-0.2, -0.15) is 0 Å². The van der Waals surface area contributed by atoms with E-state index in [9.17, 15) is 0 Å². The van der Waals surface area contributed by atoms with Crippen LogP contribution in [-0.4, -0.2) is 6.54 Å². The highest BCUT2D eigenvalue weighted by molar-refractivity contribution is 5.40. The molecule has 1 heterocycles. The molecule has 1 N–H and O–H groups in total. The minimum Gasteiger partial charge on any atom is -0.304 e. The molecule has 0 bridgehead atoms. The first-order valence-corrected chi connectivity index (χ1v) is 5.39. The van der Waals surface area contributed by atoms with Crippen molar-refractivity contribution in [1.82, 2.24) is 5.32 Å². The monoisotopic (exact) mass is 185 g/mol. The summed E-state index contributed by atoms with van der Waals surface area (Å²) in [5.41, 5.74) is 3.34. The first kappa shape index (κ1) is 8.25. The van der Waals surface area contributed by atoms with E-state index in [1.54, 1.807) is 0 Å². The highest BCUT2D eigenvalue weighted by Gasteiger charge is 2.37. The van der Waals surface area contributed by atoms with Crippen molar-refractivity contribution in [3.05, 3.63) is 47.5 Å². The second-order valence-electron chi connectivity index (χ2n) is 4.30. The normalized spacial score (nSPS) is 29.4. The third kappa shape index (κ3) is 1.05. The summed E-state index contributed by atoms with van der Waals surface area (Å²) in [5, 5.41) is 3.66. The van der Waals surface area contributed by atoms with Gasteiger partial charge in [-0.15, -0.1) is 0 Å². The summed E-state index contributed by atoms with van der Waals surface area (Å²) >= 11 is 0. The van der Waals surface area contributed by atoms with E-state index < -0.39 is 0 Å². The van der Waals surface area contributed by atoms with Crippen molar-refractivity contribution in [2.75, 3.05) is 6.54 Å². The molecule has 14 heavy (non-hydrogen) atoms. The van der Waals surface area contributed by atoms with Crippen molar-refractivity contribution in [3.63, 3.8) is 0 Å². The molecule has 72 valence electrons. The lowest BCUT2D eigenvalue weighted by Crippen LogP contribution is -2.42. The Hall–Kier alpha value is -1.08. The summed E-state index contributed by atoms with van der Waals surface area (Å²) in [6.07, 6.45) is 8.20. The molecule has 0 aromatic heterocycles. The lowest BCUT2D eigenvalue weighted by molar-refractivity contribution is 0.337. The topological polar surface area (TPSA) is 12.0 Å². The van der Waals surface area contributed by atoms with E-state index in [-0.39, 0.29) is 5.54 Å². The van der Waals surface area contributed by atoms with Gasteiger partial charge in [0.15, 0.2) is 0 Å². The molecule has 1 nitrogen and oxygen atoms in total. The maximum absolute atomic E-state index is 3.66. The molecule has 0 fully saturated rings. The lowest BCUT2D eigenvalue weighted by Gasteiger charge is -2.33. The van der Waals surface area contributed by atoms with Gasteiger partial charge in [0.05, 0.1) is 0 Å². The maximum Gasteiger partial charge on any atom is 0.0477 e. The summed E-state index contributed by atoms with van der Waals surface area (Å²) in [4.78, 5) is 0. The van der Waals surface area contributed by atoms with Crippen molar-refractivity contribution in [1.29, 1.82) is 0 Å². The molecule has 1 aromatic carbocycles. The molecule has 0 saturated carbocycles. The number of benzene rings is 1. The second kappa shape index (κ2) is 2.96. The van der Waals surface area contributed by atoms with Crippen LogP contribution in [0.15, 0.2) is 36.4 Å².